The third-order valence-electron chi connectivity index (χ3n) is 3.15. The summed E-state index contributed by atoms with van der Waals surface area (Å²) in [6.07, 6.45) is 7.40. The smallest absolute Gasteiger partial charge is 0.157 e. The van der Waals surface area contributed by atoms with Crippen LogP contribution in [0.25, 0.3) is 0 Å². The van der Waals surface area contributed by atoms with Crippen LogP contribution in [0.4, 0.5) is 0 Å². The number of nitrogens with one attached hydrogen (secondary N) is 1. The molecule has 3 atom stereocenters. The summed E-state index contributed by atoms with van der Waals surface area (Å²) in [5, 5.41) is 5.53. The highest BCUT2D eigenvalue weighted by Crippen LogP contribution is 2.30. The Labute approximate surface area is 101 Å². The van der Waals surface area contributed by atoms with Crippen molar-refractivity contribution in [2.45, 2.75) is 49.9 Å². The molecule has 4 heteroatoms. The van der Waals surface area contributed by atoms with Crippen molar-refractivity contribution >= 4 is 28.7 Å². The molecule has 0 amide bonds. The Morgan fingerprint density at radius 3 is 2.93 bits per heavy atom. The number of thioether (sulfide) groups is 2. The monoisotopic (exact) mass is 244 g/mol. The Hall–Kier alpha value is 0.170. The maximum atomic E-state index is 4.84. The summed E-state index contributed by atoms with van der Waals surface area (Å²) < 4.78 is 0. The number of amidine groups is 1. The van der Waals surface area contributed by atoms with Gasteiger partial charge in [0.25, 0.3) is 0 Å². The Morgan fingerprint density at radius 2 is 2.27 bits per heavy atom. The Kier molecular flexibility index (Phi) is 4.26. The number of hydrogen-bond donors (Lipinski definition) is 1. The topological polar surface area (TPSA) is 24.4 Å². The van der Waals surface area contributed by atoms with Crippen LogP contribution in [0.3, 0.4) is 0 Å². The van der Waals surface area contributed by atoms with Gasteiger partial charge in [0, 0.05) is 17.0 Å². The third-order valence-corrected chi connectivity index (χ3v) is 5.18. The van der Waals surface area contributed by atoms with Crippen molar-refractivity contribution in [2.24, 2.45) is 4.99 Å². The molecule has 0 aromatic heterocycles. The van der Waals surface area contributed by atoms with E-state index >= 15 is 0 Å². The molecular weight excluding hydrogens is 224 g/mol. The average Bonchev–Trinajstić information content (AvgIpc) is 2.65. The molecule has 3 unspecified atom stereocenters. The van der Waals surface area contributed by atoms with E-state index in [2.05, 4.69) is 18.5 Å². The summed E-state index contributed by atoms with van der Waals surface area (Å²) in [4.78, 5) is 4.84. The molecule has 0 spiro atoms. The molecule has 0 bridgehead atoms. The van der Waals surface area contributed by atoms with E-state index in [1.54, 1.807) is 0 Å². The Morgan fingerprint density at radius 1 is 1.40 bits per heavy atom. The van der Waals surface area contributed by atoms with Crippen molar-refractivity contribution in [1.82, 2.24) is 5.32 Å². The van der Waals surface area contributed by atoms with Gasteiger partial charge >= 0.3 is 0 Å². The van der Waals surface area contributed by atoms with Crippen LogP contribution in [0.15, 0.2) is 4.99 Å². The summed E-state index contributed by atoms with van der Waals surface area (Å²) in [6, 6.07) is 1.20. The van der Waals surface area contributed by atoms with Gasteiger partial charge in [0.2, 0.25) is 0 Å². The lowest BCUT2D eigenvalue weighted by molar-refractivity contribution is 0.632. The van der Waals surface area contributed by atoms with Crippen molar-refractivity contribution in [3.05, 3.63) is 0 Å². The molecule has 0 aromatic carbocycles. The normalized spacial score (nSPS) is 39.3. The van der Waals surface area contributed by atoms with E-state index in [1.165, 1.54) is 36.6 Å². The molecule has 86 valence electrons. The molecule has 2 aliphatic rings. The lowest BCUT2D eigenvalue weighted by Gasteiger charge is -2.22. The first kappa shape index (κ1) is 11.6. The largest absolute Gasteiger partial charge is 0.362 e. The van der Waals surface area contributed by atoms with E-state index in [-0.39, 0.29) is 0 Å². The van der Waals surface area contributed by atoms with Crippen LogP contribution in [-0.4, -0.2) is 34.5 Å². The molecule has 0 aromatic rings. The van der Waals surface area contributed by atoms with Gasteiger partial charge < -0.3 is 5.32 Å². The lowest BCUT2D eigenvalue weighted by Crippen LogP contribution is -2.36. The SMILES string of the molecule is CSC1CCC(N=C2NC(C)CCS2)C1. The summed E-state index contributed by atoms with van der Waals surface area (Å²) in [5.41, 5.74) is 0. The summed E-state index contributed by atoms with van der Waals surface area (Å²) in [5.74, 6) is 1.23. The molecule has 1 saturated carbocycles. The summed E-state index contributed by atoms with van der Waals surface area (Å²) in [7, 11) is 0. The van der Waals surface area contributed by atoms with Gasteiger partial charge in [0.15, 0.2) is 5.17 Å². The second-order valence-electron chi connectivity index (χ2n) is 4.44. The molecule has 1 aliphatic heterocycles. The third kappa shape index (κ3) is 3.31. The van der Waals surface area contributed by atoms with Crippen LogP contribution in [0, 0.1) is 0 Å². The van der Waals surface area contributed by atoms with Crippen molar-refractivity contribution in [1.29, 1.82) is 0 Å². The van der Waals surface area contributed by atoms with Crippen LogP contribution in [0.5, 0.6) is 0 Å². The van der Waals surface area contributed by atoms with E-state index in [0.717, 1.165) is 5.25 Å². The highest BCUT2D eigenvalue weighted by Gasteiger charge is 2.24. The molecule has 2 rings (SSSR count). The molecule has 0 radical (unpaired) electrons. The average molecular weight is 244 g/mol. The van der Waals surface area contributed by atoms with Gasteiger partial charge in [-0.25, -0.2) is 0 Å². The maximum absolute atomic E-state index is 4.84. The van der Waals surface area contributed by atoms with Gasteiger partial charge in [-0.05, 0) is 38.9 Å². The van der Waals surface area contributed by atoms with Crippen LogP contribution in [0.2, 0.25) is 0 Å². The maximum Gasteiger partial charge on any atom is 0.157 e. The zero-order valence-electron chi connectivity index (χ0n) is 9.53. The Balaban J connectivity index is 1.87. The molecule has 15 heavy (non-hydrogen) atoms. The van der Waals surface area contributed by atoms with Crippen LogP contribution >= 0.6 is 23.5 Å². The quantitative estimate of drug-likeness (QED) is 0.808. The molecule has 2 fully saturated rings. The van der Waals surface area contributed by atoms with Crippen LogP contribution in [-0.2, 0) is 0 Å². The van der Waals surface area contributed by atoms with E-state index < -0.39 is 0 Å². The zero-order chi connectivity index (χ0) is 10.7. The predicted molar refractivity (Wildman–Crippen MR) is 72.0 cm³/mol. The molecule has 1 aliphatic carbocycles. The van der Waals surface area contributed by atoms with Gasteiger partial charge in [-0.3, -0.25) is 4.99 Å². The van der Waals surface area contributed by atoms with Crippen LogP contribution in [0.1, 0.15) is 32.6 Å². The van der Waals surface area contributed by atoms with Crippen molar-refractivity contribution in [3.8, 4) is 0 Å². The number of hydrogen-bond acceptors (Lipinski definition) is 3. The van der Waals surface area contributed by atoms with E-state index in [0.29, 0.717) is 12.1 Å². The number of aliphatic imine (C=N–C) groups is 1. The standard InChI is InChI=1S/C11H20N2S2/c1-8-5-6-15-11(12-8)13-9-3-4-10(7-9)14-2/h8-10H,3-7H2,1-2H3,(H,12,13). The minimum absolute atomic E-state index is 0.586. The van der Waals surface area contributed by atoms with E-state index in [9.17, 15) is 0 Å². The van der Waals surface area contributed by atoms with E-state index in [4.69, 9.17) is 4.99 Å². The van der Waals surface area contributed by atoms with Gasteiger partial charge in [-0.15, -0.1) is 0 Å². The number of rotatable bonds is 2. The Bertz CT molecular complexity index is 243. The second-order valence-corrected chi connectivity index (χ2v) is 6.66. The predicted octanol–water partition coefficient (Wildman–Crippen LogP) is 2.74. The van der Waals surface area contributed by atoms with Crippen molar-refractivity contribution in [3.63, 3.8) is 0 Å². The fraction of sp³-hybridized carbons (Fsp3) is 0.909. The molecule has 1 saturated heterocycles. The zero-order valence-corrected chi connectivity index (χ0v) is 11.2. The molecule has 1 N–H and O–H groups in total. The minimum Gasteiger partial charge on any atom is -0.362 e. The van der Waals surface area contributed by atoms with Gasteiger partial charge in [0.05, 0.1) is 6.04 Å². The van der Waals surface area contributed by atoms with Crippen molar-refractivity contribution in [2.75, 3.05) is 12.0 Å². The first-order chi connectivity index (χ1) is 7.28. The highest BCUT2D eigenvalue weighted by atomic mass is 32.2. The van der Waals surface area contributed by atoms with Gasteiger partial charge in [-0.2, -0.15) is 11.8 Å². The first-order valence-electron chi connectivity index (χ1n) is 5.78. The second kappa shape index (κ2) is 5.48. The summed E-state index contributed by atoms with van der Waals surface area (Å²) >= 11 is 3.90. The summed E-state index contributed by atoms with van der Waals surface area (Å²) in [6.45, 7) is 2.24. The number of nitrogens with zero attached hydrogens (tertiary/aromatic N) is 1. The van der Waals surface area contributed by atoms with E-state index in [1.807, 2.05) is 23.5 Å². The van der Waals surface area contributed by atoms with Crippen LogP contribution < -0.4 is 5.32 Å². The molecular formula is C11H20N2S2. The minimum atomic E-state index is 0.586. The lowest BCUT2D eigenvalue weighted by atomic mass is 10.2. The van der Waals surface area contributed by atoms with Gasteiger partial charge in [0.1, 0.15) is 0 Å². The van der Waals surface area contributed by atoms with Gasteiger partial charge in [-0.1, -0.05) is 11.8 Å². The fourth-order valence-electron chi connectivity index (χ4n) is 2.15. The first-order valence-corrected chi connectivity index (χ1v) is 8.05. The van der Waals surface area contributed by atoms with Crippen molar-refractivity contribution < 1.29 is 0 Å². The highest BCUT2D eigenvalue weighted by molar-refractivity contribution is 8.13. The molecule has 1 heterocycles. The molecule has 2 nitrogen and oxygen atoms in total. The fourth-order valence-corrected chi connectivity index (χ4v) is 4.11.